The van der Waals surface area contributed by atoms with Crippen LogP contribution in [0, 0.1) is 19.8 Å². The molecule has 8 nitrogen and oxygen atoms in total. The van der Waals surface area contributed by atoms with E-state index in [0.29, 0.717) is 30.9 Å². The first-order chi connectivity index (χ1) is 20.0. The zero-order valence-corrected chi connectivity index (χ0v) is 24.0. The lowest BCUT2D eigenvalue weighted by molar-refractivity contribution is -0.141. The summed E-state index contributed by atoms with van der Waals surface area (Å²) in [4.78, 5) is 42.6. The molecule has 3 aromatic rings. The van der Waals surface area contributed by atoms with Crippen molar-refractivity contribution >= 4 is 17.6 Å². The van der Waals surface area contributed by atoms with Gasteiger partial charge in [-0.1, -0.05) is 6.07 Å². The number of benzene rings is 1. The van der Waals surface area contributed by atoms with E-state index in [4.69, 9.17) is 0 Å². The number of halogens is 3. The molecule has 1 aliphatic heterocycles. The summed E-state index contributed by atoms with van der Waals surface area (Å²) in [5.74, 6) is 1.11. The summed E-state index contributed by atoms with van der Waals surface area (Å²) in [6, 6.07) is 9.52. The number of aryl methyl sites for hydroxylation is 3. The Bertz CT molecular complexity index is 1450. The molecule has 1 saturated heterocycles. The first-order valence-corrected chi connectivity index (χ1v) is 14.4. The fourth-order valence-corrected chi connectivity index (χ4v) is 6.07. The third-order valence-electron chi connectivity index (χ3n) is 8.18. The summed E-state index contributed by atoms with van der Waals surface area (Å²) < 4.78 is 40.7. The lowest BCUT2D eigenvalue weighted by Crippen LogP contribution is -2.39. The largest absolute Gasteiger partial charge is 0.434 e. The van der Waals surface area contributed by atoms with E-state index in [1.165, 1.54) is 17.0 Å². The number of hydrogen-bond donors (Lipinski definition) is 1. The fraction of sp³-hybridized carbons (Fsp3) is 0.452. The van der Waals surface area contributed by atoms with Gasteiger partial charge < -0.3 is 15.1 Å². The van der Waals surface area contributed by atoms with Crippen molar-refractivity contribution in [2.45, 2.75) is 58.7 Å². The smallest absolute Gasteiger partial charge is 0.356 e. The highest BCUT2D eigenvalue weighted by atomic mass is 19.4. The Kier molecular flexibility index (Phi) is 8.47. The van der Waals surface area contributed by atoms with Crippen LogP contribution in [0.5, 0.6) is 0 Å². The van der Waals surface area contributed by atoms with E-state index in [1.807, 2.05) is 26.0 Å². The summed E-state index contributed by atoms with van der Waals surface area (Å²) in [5.41, 5.74) is 1.56. The van der Waals surface area contributed by atoms with Crippen molar-refractivity contribution in [1.82, 2.24) is 25.2 Å². The zero-order valence-electron chi connectivity index (χ0n) is 24.0. The third kappa shape index (κ3) is 6.24. The Morgan fingerprint density at radius 1 is 1.07 bits per heavy atom. The van der Waals surface area contributed by atoms with Crippen LogP contribution in [0.3, 0.4) is 0 Å². The van der Waals surface area contributed by atoms with Gasteiger partial charge in [0.05, 0.1) is 11.6 Å². The number of nitrogens with zero attached hydrogens (tertiary/aromatic N) is 5. The Morgan fingerprint density at radius 2 is 1.83 bits per heavy atom. The maximum absolute atomic E-state index is 13.6. The van der Waals surface area contributed by atoms with Crippen LogP contribution in [0.1, 0.15) is 81.3 Å². The molecule has 222 valence electrons. The van der Waals surface area contributed by atoms with Crippen LogP contribution in [-0.2, 0) is 12.6 Å². The van der Waals surface area contributed by atoms with E-state index >= 15 is 0 Å². The second-order valence-electron chi connectivity index (χ2n) is 11.0. The van der Waals surface area contributed by atoms with E-state index in [1.54, 1.807) is 19.1 Å². The molecule has 1 aliphatic carbocycles. The molecular formula is C31H35F3N6O2. The molecule has 1 aromatic carbocycles. The Balaban J connectivity index is 1.23. The lowest BCUT2D eigenvalue weighted by atomic mass is 9.96. The van der Waals surface area contributed by atoms with Gasteiger partial charge in [0.25, 0.3) is 11.8 Å². The van der Waals surface area contributed by atoms with Crippen molar-refractivity contribution in [2.24, 2.45) is 5.92 Å². The molecule has 0 bridgehead atoms. The number of aromatic nitrogens is 3. The summed E-state index contributed by atoms with van der Waals surface area (Å²) >= 11 is 0. The number of alkyl halides is 3. The summed E-state index contributed by atoms with van der Waals surface area (Å²) in [6.07, 6.45) is -0.600. The number of nitrogens with one attached hydrogen (secondary N) is 1. The first-order valence-electron chi connectivity index (χ1n) is 14.4. The Morgan fingerprint density at radius 3 is 2.52 bits per heavy atom. The van der Waals surface area contributed by atoms with Gasteiger partial charge in [0.2, 0.25) is 0 Å². The third-order valence-corrected chi connectivity index (χ3v) is 8.18. The van der Waals surface area contributed by atoms with E-state index in [-0.39, 0.29) is 12.5 Å². The molecule has 1 atom stereocenters. The van der Waals surface area contributed by atoms with Crippen LogP contribution in [0.25, 0.3) is 0 Å². The highest BCUT2D eigenvalue weighted by Crippen LogP contribution is 2.38. The first kappa shape index (κ1) is 29.5. The molecule has 42 heavy (non-hydrogen) atoms. The highest BCUT2D eigenvalue weighted by molar-refractivity contribution is 5.96. The van der Waals surface area contributed by atoms with Gasteiger partial charge in [-0.3, -0.25) is 14.6 Å². The van der Waals surface area contributed by atoms with Crippen molar-refractivity contribution in [3.8, 4) is 0 Å². The number of carbonyl (C=O) groups is 2. The molecule has 5 rings (SSSR count). The molecule has 2 aromatic heterocycles. The van der Waals surface area contributed by atoms with Crippen LogP contribution in [0.4, 0.5) is 19.0 Å². The fourth-order valence-electron chi connectivity index (χ4n) is 6.07. The minimum atomic E-state index is -4.74. The summed E-state index contributed by atoms with van der Waals surface area (Å²) in [7, 11) is 0. The van der Waals surface area contributed by atoms with Crippen LogP contribution in [0.2, 0.25) is 0 Å². The number of hydrogen-bond acceptors (Lipinski definition) is 6. The van der Waals surface area contributed by atoms with Gasteiger partial charge in [-0.2, -0.15) is 13.2 Å². The Hall–Kier alpha value is -4.02. The number of amides is 2. The van der Waals surface area contributed by atoms with Crippen molar-refractivity contribution < 1.29 is 22.8 Å². The van der Waals surface area contributed by atoms with Gasteiger partial charge >= 0.3 is 6.18 Å². The van der Waals surface area contributed by atoms with Crippen molar-refractivity contribution in [1.29, 1.82) is 0 Å². The summed E-state index contributed by atoms with van der Waals surface area (Å²) in [6.45, 7) is 8.07. The topological polar surface area (TPSA) is 91.3 Å². The minimum Gasteiger partial charge on any atom is -0.356 e. The molecule has 0 spiro atoms. The van der Waals surface area contributed by atoms with Gasteiger partial charge in [-0.15, -0.1) is 0 Å². The van der Waals surface area contributed by atoms with Crippen molar-refractivity contribution in [3.05, 3.63) is 82.1 Å². The van der Waals surface area contributed by atoms with Gasteiger partial charge in [-0.25, -0.2) is 9.97 Å². The number of anilines is 1. The molecule has 3 heterocycles. The highest BCUT2D eigenvalue weighted by Gasteiger charge is 2.39. The minimum absolute atomic E-state index is 0.200. The zero-order chi connectivity index (χ0) is 30.0. The van der Waals surface area contributed by atoms with Gasteiger partial charge in [0.15, 0.2) is 5.69 Å². The van der Waals surface area contributed by atoms with Gasteiger partial charge in [0, 0.05) is 49.7 Å². The molecule has 0 unspecified atom stereocenters. The molecule has 0 saturated carbocycles. The Labute approximate surface area is 243 Å². The predicted molar refractivity (Wildman–Crippen MR) is 152 cm³/mol. The van der Waals surface area contributed by atoms with E-state index < -0.39 is 29.4 Å². The normalized spacial score (nSPS) is 17.2. The van der Waals surface area contributed by atoms with Gasteiger partial charge in [0.1, 0.15) is 11.6 Å². The molecular weight excluding hydrogens is 545 g/mol. The quantitative estimate of drug-likeness (QED) is 0.408. The molecule has 1 fully saturated rings. The van der Waals surface area contributed by atoms with E-state index in [9.17, 15) is 22.8 Å². The standard InChI is InChI=1S/C31H35F3N6O2/c1-4-40(30(42)24-6-5-13-35-28(24)31(32,33)34)26-10-9-22-7-8-23(17-25(22)26)29(41)36-18-21-11-14-39(15-12-21)27-16-19(2)37-20(3)38-27/h5-8,13,16-17,21,26H,4,9-12,14-15,18H2,1-3H3,(H,36,41)/t26-/m1/s1. The molecule has 0 radical (unpaired) electrons. The van der Waals surface area contributed by atoms with E-state index in [2.05, 4.69) is 25.2 Å². The molecule has 2 aliphatic rings. The van der Waals surface area contributed by atoms with Crippen LogP contribution in [0.15, 0.2) is 42.6 Å². The lowest BCUT2D eigenvalue weighted by Gasteiger charge is -2.33. The van der Waals surface area contributed by atoms with Crippen LogP contribution >= 0.6 is 0 Å². The van der Waals surface area contributed by atoms with Crippen molar-refractivity contribution in [2.75, 3.05) is 31.1 Å². The second kappa shape index (κ2) is 12.1. The number of fused-ring (bicyclic) bond motifs is 1. The molecule has 1 N–H and O–H groups in total. The molecule has 2 amide bonds. The number of piperidine rings is 1. The van der Waals surface area contributed by atoms with Crippen LogP contribution < -0.4 is 10.2 Å². The van der Waals surface area contributed by atoms with Crippen molar-refractivity contribution in [3.63, 3.8) is 0 Å². The maximum atomic E-state index is 13.6. The average Bonchev–Trinajstić information content (AvgIpc) is 3.38. The summed E-state index contributed by atoms with van der Waals surface area (Å²) in [5, 5.41) is 3.07. The van der Waals surface area contributed by atoms with Crippen LogP contribution in [-0.4, -0.2) is 57.8 Å². The second-order valence-corrected chi connectivity index (χ2v) is 11.0. The average molecular weight is 581 g/mol. The number of carbonyl (C=O) groups excluding carboxylic acids is 2. The maximum Gasteiger partial charge on any atom is 0.434 e. The molecule has 11 heteroatoms. The van der Waals surface area contributed by atoms with E-state index in [0.717, 1.165) is 60.6 Å². The van der Waals surface area contributed by atoms with Gasteiger partial charge in [-0.05, 0) is 87.8 Å². The monoisotopic (exact) mass is 580 g/mol. The number of pyridine rings is 1. The SMILES string of the molecule is CCN(C(=O)c1cccnc1C(F)(F)F)[C@@H]1CCc2ccc(C(=O)NCC3CCN(c4cc(C)nc(C)n4)CC3)cc21. The predicted octanol–water partition coefficient (Wildman–Crippen LogP) is 5.30. The number of rotatable bonds is 7.